The van der Waals surface area contributed by atoms with Gasteiger partial charge in [-0.25, -0.2) is 14.4 Å². The Morgan fingerprint density at radius 2 is 2.08 bits per heavy atom. The lowest BCUT2D eigenvalue weighted by Crippen LogP contribution is -2.33. The molecule has 2 aromatic rings. The van der Waals surface area contributed by atoms with Crippen LogP contribution in [0.1, 0.15) is 28.3 Å². The largest absolute Gasteiger partial charge is 0.397 e. The first kappa shape index (κ1) is 16.6. The third-order valence-electron chi connectivity index (χ3n) is 3.81. The summed E-state index contributed by atoms with van der Waals surface area (Å²) in [7, 11) is 0. The Hall–Kier alpha value is -4.29. The maximum Gasteiger partial charge on any atom is 0.211 e. The van der Waals surface area contributed by atoms with Gasteiger partial charge in [0.2, 0.25) is 5.96 Å². The number of nitrogen functional groups attached to an aromatic ring is 2. The number of benzene rings is 1. The van der Waals surface area contributed by atoms with Gasteiger partial charge in [0.15, 0.2) is 6.19 Å². The molecule has 1 aromatic heterocycles. The van der Waals surface area contributed by atoms with E-state index in [1.165, 1.54) is 18.2 Å². The van der Waals surface area contributed by atoms with Crippen molar-refractivity contribution in [1.82, 2.24) is 10.3 Å². The Morgan fingerprint density at radius 3 is 2.73 bits per heavy atom. The van der Waals surface area contributed by atoms with Gasteiger partial charge in [0.1, 0.15) is 35.1 Å². The summed E-state index contributed by atoms with van der Waals surface area (Å²) in [5.74, 6) is 1.96. The summed E-state index contributed by atoms with van der Waals surface area (Å²) in [5, 5.41) is 23.2. The number of guanidine groups is 1. The number of rotatable bonds is 1. The van der Waals surface area contributed by atoms with Crippen LogP contribution in [-0.2, 0) is 0 Å². The first-order valence-corrected chi connectivity index (χ1v) is 7.25. The van der Waals surface area contributed by atoms with Crippen LogP contribution in [0.3, 0.4) is 0 Å². The van der Waals surface area contributed by atoms with E-state index in [0.29, 0.717) is 5.56 Å². The van der Waals surface area contributed by atoms with E-state index < -0.39 is 11.9 Å². The zero-order chi connectivity index (χ0) is 18.8. The maximum absolute atomic E-state index is 14.5. The Labute approximate surface area is 148 Å². The molecule has 0 aliphatic carbocycles. The minimum absolute atomic E-state index is 0.0257. The summed E-state index contributed by atoms with van der Waals surface area (Å²) in [6, 6.07) is 5.01. The van der Waals surface area contributed by atoms with Gasteiger partial charge in [-0.3, -0.25) is 5.32 Å². The van der Waals surface area contributed by atoms with Crippen molar-refractivity contribution in [3.8, 4) is 24.6 Å². The second kappa shape index (κ2) is 6.31. The lowest BCUT2D eigenvalue weighted by atomic mass is 9.93. The molecular weight excluding hydrogens is 335 g/mol. The highest BCUT2D eigenvalue weighted by molar-refractivity contribution is 5.98. The predicted molar refractivity (Wildman–Crippen MR) is 93.8 cm³/mol. The quantitative estimate of drug-likeness (QED) is 0.344. The molecule has 0 bridgehead atoms. The van der Waals surface area contributed by atoms with Gasteiger partial charge < -0.3 is 16.8 Å². The zero-order valence-electron chi connectivity index (χ0n) is 13.2. The average Bonchev–Trinajstić information content (AvgIpc) is 2.62. The molecule has 0 saturated carbocycles. The number of terminal acetylenes is 1. The van der Waals surface area contributed by atoms with E-state index in [2.05, 4.69) is 26.5 Å². The number of nitrogens with zero attached hydrogens (tertiary/aromatic N) is 4. The third-order valence-corrected chi connectivity index (χ3v) is 3.81. The van der Waals surface area contributed by atoms with Crippen LogP contribution >= 0.6 is 0 Å². The molecule has 8 nitrogen and oxygen atoms in total. The first-order chi connectivity index (χ1) is 12.5. The number of fused-ring (bicyclic) bond motifs is 1. The van der Waals surface area contributed by atoms with Gasteiger partial charge >= 0.3 is 0 Å². The number of anilines is 3. The fourth-order valence-corrected chi connectivity index (χ4v) is 2.65. The van der Waals surface area contributed by atoms with Crippen LogP contribution in [0, 0.1) is 40.9 Å². The molecule has 0 spiro atoms. The minimum Gasteiger partial charge on any atom is -0.397 e. The van der Waals surface area contributed by atoms with Crippen LogP contribution in [0.15, 0.2) is 23.2 Å². The van der Waals surface area contributed by atoms with Crippen molar-refractivity contribution in [3.05, 3.63) is 46.3 Å². The molecule has 0 saturated heterocycles. The number of halogens is 1. The Balaban J connectivity index is 2.31. The molecule has 1 aromatic carbocycles. The van der Waals surface area contributed by atoms with Crippen molar-refractivity contribution in [1.29, 1.82) is 10.5 Å². The molecule has 126 valence electrons. The molecular formula is C17H11FN8. The summed E-state index contributed by atoms with van der Waals surface area (Å²) in [4.78, 5) is 8.38. The number of nitriles is 2. The van der Waals surface area contributed by atoms with Crippen LogP contribution < -0.4 is 22.1 Å². The second-order valence-corrected chi connectivity index (χ2v) is 5.28. The monoisotopic (exact) mass is 346 g/mol. The molecule has 26 heavy (non-hydrogen) atoms. The van der Waals surface area contributed by atoms with Gasteiger partial charge in [-0.1, -0.05) is 5.92 Å². The fourth-order valence-electron chi connectivity index (χ4n) is 2.65. The van der Waals surface area contributed by atoms with Crippen LogP contribution in [-0.4, -0.2) is 10.9 Å². The molecule has 1 atom stereocenters. The van der Waals surface area contributed by atoms with Gasteiger partial charge in [-0.05, 0) is 18.2 Å². The molecule has 1 unspecified atom stereocenters. The van der Waals surface area contributed by atoms with Gasteiger partial charge in [-0.2, -0.15) is 10.5 Å². The average molecular weight is 346 g/mol. The molecule has 0 fully saturated rings. The molecule has 0 radical (unpaired) electrons. The molecule has 2 heterocycles. The summed E-state index contributed by atoms with van der Waals surface area (Å²) < 4.78 is 14.5. The molecule has 3 rings (SSSR count). The van der Waals surface area contributed by atoms with E-state index in [9.17, 15) is 9.65 Å². The minimum atomic E-state index is -0.976. The summed E-state index contributed by atoms with van der Waals surface area (Å²) in [6.07, 6.45) is 7.11. The third kappa shape index (κ3) is 2.58. The summed E-state index contributed by atoms with van der Waals surface area (Å²) >= 11 is 0. The summed E-state index contributed by atoms with van der Waals surface area (Å²) in [5.41, 5.74) is 12.7. The van der Waals surface area contributed by atoms with E-state index >= 15 is 0 Å². The highest BCUT2D eigenvalue weighted by atomic mass is 19.1. The number of aliphatic imine (C=N–C) groups is 1. The van der Waals surface area contributed by atoms with Crippen LogP contribution in [0.4, 0.5) is 21.7 Å². The Kier molecular flexibility index (Phi) is 4.02. The fraction of sp³-hybridized carbons (Fsp3) is 0.0588. The molecule has 1 aliphatic rings. The topological polar surface area (TPSA) is 149 Å². The van der Waals surface area contributed by atoms with E-state index in [0.717, 1.165) is 0 Å². The number of nitrogens with one attached hydrogen (secondary N) is 2. The van der Waals surface area contributed by atoms with E-state index in [-0.39, 0.29) is 40.0 Å². The van der Waals surface area contributed by atoms with E-state index in [1.807, 2.05) is 6.07 Å². The van der Waals surface area contributed by atoms with Crippen molar-refractivity contribution >= 4 is 23.3 Å². The molecule has 9 heteroatoms. The standard InChI is InChI=1S/C17H11FN8/c1-2-8-3-4-11(18)9(5-8)14-12-13(21)10(6-19)15(22)25-16(12)26-17(24-14)23-7-20/h1,3-5,14H,(H6,21,22,23,24,25,26). The number of hydrogen-bond acceptors (Lipinski definition) is 8. The van der Waals surface area contributed by atoms with E-state index in [1.54, 1.807) is 6.19 Å². The van der Waals surface area contributed by atoms with Crippen LogP contribution in [0.25, 0.3) is 0 Å². The Bertz CT molecular complexity index is 1070. The van der Waals surface area contributed by atoms with Gasteiger partial charge in [0, 0.05) is 16.7 Å². The molecule has 6 N–H and O–H groups in total. The van der Waals surface area contributed by atoms with Crippen LogP contribution in [0.5, 0.6) is 0 Å². The van der Waals surface area contributed by atoms with Crippen molar-refractivity contribution in [2.45, 2.75) is 6.04 Å². The lowest BCUT2D eigenvalue weighted by molar-refractivity contribution is 0.599. The number of hydrogen-bond donors (Lipinski definition) is 4. The number of pyridine rings is 1. The predicted octanol–water partition coefficient (Wildman–Crippen LogP) is 1.18. The van der Waals surface area contributed by atoms with Crippen molar-refractivity contribution < 1.29 is 4.39 Å². The normalized spacial score (nSPS) is 14.7. The maximum atomic E-state index is 14.5. The smallest absolute Gasteiger partial charge is 0.211 e. The number of aromatic nitrogens is 1. The Morgan fingerprint density at radius 1 is 1.31 bits per heavy atom. The number of nitrogens with two attached hydrogens (primary N) is 2. The molecule has 0 amide bonds. The van der Waals surface area contributed by atoms with Gasteiger partial charge in [-0.15, -0.1) is 6.42 Å². The lowest BCUT2D eigenvalue weighted by Gasteiger charge is -2.26. The summed E-state index contributed by atoms with van der Waals surface area (Å²) in [6.45, 7) is 0. The second-order valence-electron chi connectivity index (χ2n) is 5.28. The zero-order valence-corrected chi connectivity index (χ0v) is 13.2. The first-order valence-electron chi connectivity index (χ1n) is 7.25. The highest BCUT2D eigenvalue weighted by Gasteiger charge is 2.31. The van der Waals surface area contributed by atoms with Crippen molar-refractivity contribution in [3.63, 3.8) is 0 Å². The SMILES string of the molecule is C#Cc1ccc(F)c(C2N=C(NC#N)Nc3nc(N)c(C#N)c(N)c32)c1. The molecule has 1 aliphatic heterocycles. The van der Waals surface area contributed by atoms with Gasteiger partial charge in [0.05, 0.1) is 5.69 Å². The van der Waals surface area contributed by atoms with Gasteiger partial charge in [0.25, 0.3) is 0 Å². The van der Waals surface area contributed by atoms with E-state index in [4.69, 9.17) is 23.2 Å². The van der Waals surface area contributed by atoms with Crippen LogP contribution in [0.2, 0.25) is 0 Å². The van der Waals surface area contributed by atoms with Crippen molar-refractivity contribution in [2.75, 3.05) is 16.8 Å². The van der Waals surface area contributed by atoms with Crippen molar-refractivity contribution in [2.24, 2.45) is 4.99 Å². The highest BCUT2D eigenvalue weighted by Crippen LogP contribution is 2.41.